The third-order valence-electron chi connectivity index (χ3n) is 4.49. The van der Waals surface area contributed by atoms with Crippen molar-refractivity contribution >= 4 is 11.6 Å². The molecule has 1 fully saturated rings. The van der Waals surface area contributed by atoms with Gasteiger partial charge in [-0.15, -0.1) is 0 Å². The predicted molar refractivity (Wildman–Crippen MR) is 95.1 cm³/mol. The zero-order valence-corrected chi connectivity index (χ0v) is 14.5. The van der Waals surface area contributed by atoms with Crippen LogP contribution in [0, 0.1) is 17.2 Å². The molecule has 1 aliphatic rings. The smallest absolute Gasteiger partial charge is 0.281 e. The van der Waals surface area contributed by atoms with Gasteiger partial charge in [-0.05, 0) is 37.1 Å². The summed E-state index contributed by atoms with van der Waals surface area (Å²) in [6.07, 6.45) is 2.93. The Morgan fingerprint density at radius 3 is 2.73 bits per heavy atom. The van der Waals surface area contributed by atoms with E-state index in [0.29, 0.717) is 24.4 Å². The van der Waals surface area contributed by atoms with Gasteiger partial charge < -0.3 is 14.8 Å². The molecule has 0 radical (unpaired) electrons. The molecule has 134 valence electrons. The number of carbonyl (C=O) groups excluding carboxylic acids is 1. The summed E-state index contributed by atoms with van der Waals surface area (Å²) in [5, 5.41) is 18.9. The Morgan fingerprint density at radius 1 is 1.31 bits per heavy atom. The quantitative estimate of drug-likeness (QED) is 0.855. The summed E-state index contributed by atoms with van der Waals surface area (Å²) in [7, 11) is 1.57. The van der Waals surface area contributed by atoms with Crippen molar-refractivity contribution in [2.45, 2.75) is 12.8 Å². The number of benzene rings is 1. The van der Waals surface area contributed by atoms with Gasteiger partial charge in [0.1, 0.15) is 5.75 Å². The molecule has 7 heteroatoms. The Bertz CT molecular complexity index is 905. The van der Waals surface area contributed by atoms with Crippen molar-refractivity contribution in [2.24, 2.45) is 10.9 Å². The lowest BCUT2D eigenvalue weighted by Crippen LogP contribution is -2.34. The summed E-state index contributed by atoms with van der Waals surface area (Å²) in [4.78, 5) is 18.8. The molecule has 2 heterocycles. The first-order valence-electron chi connectivity index (χ1n) is 8.41. The van der Waals surface area contributed by atoms with Gasteiger partial charge in [0.2, 0.25) is 0 Å². The maximum absolute atomic E-state index is 12.7. The van der Waals surface area contributed by atoms with Gasteiger partial charge >= 0.3 is 0 Å². The normalized spacial score (nSPS) is 15.5. The maximum atomic E-state index is 12.7. The van der Waals surface area contributed by atoms with Gasteiger partial charge in [-0.25, -0.2) is 0 Å². The van der Waals surface area contributed by atoms with Crippen LogP contribution in [0.5, 0.6) is 5.75 Å². The molecule has 1 aromatic carbocycles. The van der Waals surface area contributed by atoms with Crippen molar-refractivity contribution in [2.75, 3.05) is 25.1 Å². The fourth-order valence-electron chi connectivity index (χ4n) is 3.01. The minimum Gasteiger partial charge on any atom is -0.497 e. The van der Waals surface area contributed by atoms with Crippen LogP contribution in [0.2, 0.25) is 0 Å². The van der Waals surface area contributed by atoms with Gasteiger partial charge in [0, 0.05) is 31.3 Å². The van der Waals surface area contributed by atoms with Crippen LogP contribution in [-0.4, -0.2) is 36.0 Å². The van der Waals surface area contributed by atoms with Crippen molar-refractivity contribution in [1.29, 1.82) is 5.26 Å². The van der Waals surface area contributed by atoms with Gasteiger partial charge in [0.15, 0.2) is 5.49 Å². The number of anilines is 1. The van der Waals surface area contributed by atoms with Gasteiger partial charge in [0.25, 0.3) is 5.91 Å². The molecule has 0 bridgehead atoms. The number of hydrogen-bond acceptors (Lipinski definition) is 5. The van der Waals surface area contributed by atoms with Crippen molar-refractivity contribution in [3.63, 3.8) is 0 Å². The van der Waals surface area contributed by atoms with Crippen LogP contribution in [0.25, 0.3) is 0 Å². The molecule has 1 aromatic heterocycles. The summed E-state index contributed by atoms with van der Waals surface area (Å²) in [5.74, 6) is 0.258. The molecule has 3 rings (SSSR count). The lowest BCUT2D eigenvalue weighted by molar-refractivity contribution is 0.0988. The molecule has 0 spiro atoms. The van der Waals surface area contributed by atoms with Crippen molar-refractivity contribution < 1.29 is 14.7 Å². The average Bonchev–Trinajstić information content (AvgIpc) is 2.69. The number of aromatic nitrogens is 1. The van der Waals surface area contributed by atoms with Crippen LogP contribution in [0.3, 0.4) is 0 Å². The van der Waals surface area contributed by atoms with E-state index in [9.17, 15) is 10.0 Å². The summed E-state index contributed by atoms with van der Waals surface area (Å²) >= 11 is 0. The number of rotatable bonds is 3. The van der Waals surface area contributed by atoms with Crippen LogP contribution in [0.4, 0.5) is 5.69 Å². The molecule has 1 amide bonds. The number of nitriles is 1. The van der Waals surface area contributed by atoms with E-state index < -0.39 is 5.91 Å². The first-order chi connectivity index (χ1) is 12.6. The highest BCUT2D eigenvalue weighted by Crippen LogP contribution is 2.30. The topological polar surface area (TPSA) is 90.8 Å². The monoisotopic (exact) mass is 352 g/mol. The summed E-state index contributed by atoms with van der Waals surface area (Å²) in [6, 6.07) is 12.4. The Labute approximate surface area is 151 Å². The number of methoxy groups -OCH3 is 1. The second-order valence-electron chi connectivity index (χ2n) is 6.09. The van der Waals surface area contributed by atoms with E-state index in [-0.39, 0.29) is 11.4 Å². The molecule has 7 nitrogen and oxygen atoms in total. The van der Waals surface area contributed by atoms with E-state index in [0.717, 1.165) is 23.3 Å². The summed E-state index contributed by atoms with van der Waals surface area (Å²) in [6.45, 7) is 1.38. The average molecular weight is 352 g/mol. The highest BCUT2D eigenvalue weighted by molar-refractivity contribution is 6.00. The summed E-state index contributed by atoms with van der Waals surface area (Å²) in [5.41, 5.74) is 1.32. The molecule has 0 atom stereocenters. The lowest BCUT2D eigenvalue weighted by Gasteiger charge is -2.32. The zero-order chi connectivity index (χ0) is 18.5. The number of carbonyl (C=O) groups is 1. The second kappa shape index (κ2) is 7.74. The minimum atomic E-state index is -0.445. The molecule has 1 N–H and O–H groups in total. The van der Waals surface area contributed by atoms with Crippen LogP contribution < -0.4 is 15.1 Å². The number of pyridine rings is 1. The molecule has 2 aromatic rings. The molecular formula is C19H20N4O3. The highest BCUT2D eigenvalue weighted by atomic mass is 16.5. The Balaban J connectivity index is 1.97. The van der Waals surface area contributed by atoms with E-state index in [2.05, 4.69) is 16.0 Å². The molecule has 0 aliphatic carbocycles. The van der Waals surface area contributed by atoms with E-state index in [1.165, 1.54) is 6.20 Å². The Kier molecular flexibility index (Phi) is 5.23. The third kappa shape index (κ3) is 3.70. The Hall–Kier alpha value is -3.27. The fraction of sp³-hybridized carbons (Fsp3) is 0.316. The molecule has 1 aliphatic heterocycles. The summed E-state index contributed by atoms with van der Waals surface area (Å²) < 4.78 is 6.10. The van der Waals surface area contributed by atoms with Gasteiger partial charge in [0.05, 0.1) is 24.4 Å². The molecule has 0 saturated carbocycles. The predicted octanol–water partition coefficient (Wildman–Crippen LogP) is 2.22. The molecule has 0 unspecified atom stereocenters. The zero-order valence-electron chi connectivity index (χ0n) is 14.5. The van der Waals surface area contributed by atoms with Crippen molar-refractivity contribution in [1.82, 2.24) is 4.73 Å². The molecule has 26 heavy (non-hydrogen) atoms. The molecular weight excluding hydrogens is 332 g/mol. The van der Waals surface area contributed by atoms with Crippen LogP contribution >= 0.6 is 0 Å². The number of nitrogens with zero attached hydrogens (tertiary/aromatic N) is 4. The van der Waals surface area contributed by atoms with Crippen LogP contribution in [0.15, 0.2) is 47.6 Å². The highest BCUT2D eigenvalue weighted by Gasteiger charge is 2.23. The maximum Gasteiger partial charge on any atom is 0.281 e. The largest absolute Gasteiger partial charge is 0.497 e. The second-order valence-corrected chi connectivity index (χ2v) is 6.09. The fourth-order valence-corrected chi connectivity index (χ4v) is 3.01. The standard InChI is InChI=1S/C19H20N4O3/c1-26-15-5-6-16(19(24)21-18-4-2-3-9-23(18)25)17(12-15)22-10-7-14(13-20)8-11-22/h2-6,9,12,14,25H,7-8,10-11H2,1H3. The first kappa shape index (κ1) is 17.5. The minimum absolute atomic E-state index is 0.0540. The van der Waals surface area contributed by atoms with E-state index >= 15 is 0 Å². The first-order valence-corrected chi connectivity index (χ1v) is 8.41. The van der Waals surface area contributed by atoms with Crippen molar-refractivity contribution in [3.8, 4) is 11.8 Å². The number of ether oxygens (including phenoxy) is 1. The van der Waals surface area contributed by atoms with E-state index in [4.69, 9.17) is 10.00 Å². The molecule has 1 saturated heterocycles. The lowest BCUT2D eigenvalue weighted by atomic mass is 9.97. The number of amides is 1. The number of hydrogen-bond donors (Lipinski definition) is 1. The SMILES string of the molecule is COc1ccc(C(=O)N=c2ccccn2O)c(N2CCC(C#N)CC2)c1. The van der Waals surface area contributed by atoms with Gasteiger partial charge in [-0.1, -0.05) is 6.07 Å². The van der Waals surface area contributed by atoms with Crippen molar-refractivity contribution in [3.05, 3.63) is 53.6 Å². The van der Waals surface area contributed by atoms with E-state index in [1.54, 1.807) is 37.4 Å². The van der Waals surface area contributed by atoms with Gasteiger partial charge in [-0.2, -0.15) is 15.0 Å². The van der Waals surface area contributed by atoms with Gasteiger partial charge in [-0.3, -0.25) is 4.79 Å². The van der Waals surface area contributed by atoms with E-state index in [1.807, 2.05) is 6.07 Å². The third-order valence-corrected chi connectivity index (χ3v) is 4.49. The number of piperidine rings is 1. The van der Waals surface area contributed by atoms with Crippen LogP contribution in [-0.2, 0) is 0 Å². The Morgan fingerprint density at radius 2 is 2.08 bits per heavy atom. The van der Waals surface area contributed by atoms with Crippen LogP contribution in [0.1, 0.15) is 23.2 Å².